The van der Waals surface area contributed by atoms with Crippen molar-refractivity contribution in [1.82, 2.24) is 10.2 Å². The summed E-state index contributed by atoms with van der Waals surface area (Å²) in [6, 6.07) is 31.7. The van der Waals surface area contributed by atoms with E-state index in [2.05, 4.69) is 95.1 Å². The second-order valence-corrected chi connectivity index (χ2v) is 10.6. The Labute approximate surface area is 218 Å². The lowest BCUT2D eigenvalue weighted by molar-refractivity contribution is 0.584. The van der Waals surface area contributed by atoms with Gasteiger partial charge in [0.2, 0.25) is 11.8 Å². The van der Waals surface area contributed by atoms with Crippen molar-refractivity contribution < 1.29 is 4.42 Å². The molecule has 0 saturated carbocycles. The van der Waals surface area contributed by atoms with Gasteiger partial charge in [-0.25, -0.2) is 0 Å². The Hall–Kier alpha value is -3.98. The van der Waals surface area contributed by atoms with E-state index in [1.807, 2.05) is 0 Å². The summed E-state index contributed by atoms with van der Waals surface area (Å²) in [6.07, 6.45) is 8.24. The number of benzene rings is 4. The molecule has 0 N–H and O–H groups in total. The zero-order valence-corrected chi connectivity index (χ0v) is 21.0. The van der Waals surface area contributed by atoms with E-state index in [-0.39, 0.29) is 0 Å². The molecule has 8 bridgehead atoms. The van der Waals surface area contributed by atoms with Crippen LogP contribution in [0.2, 0.25) is 0 Å². The van der Waals surface area contributed by atoms with Crippen molar-refractivity contribution in [3.05, 3.63) is 129 Å². The SMILES string of the molecule is c1cc2cc(c1)CCc1cc(cc(-c3nnc(-c4cc5cc(c4)CCc4cccc(c4)CC5)o3)c1)CC2. The minimum Gasteiger partial charge on any atom is -0.416 e. The van der Waals surface area contributed by atoms with Gasteiger partial charge < -0.3 is 4.42 Å². The molecule has 2 aliphatic carbocycles. The summed E-state index contributed by atoms with van der Waals surface area (Å²) >= 11 is 0. The Bertz CT molecular complexity index is 1400. The molecule has 0 unspecified atom stereocenters. The average molecular weight is 483 g/mol. The van der Waals surface area contributed by atoms with Gasteiger partial charge in [-0.15, -0.1) is 10.2 Å². The van der Waals surface area contributed by atoms with E-state index in [1.165, 1.54) is 44.5 Å². The smallest absolute Gasteiger partial charge is 0.248 e. The second-order valence-electron chi connectivity index (χ2n) is 10.6. The highest BCUT2D eigenvalue weighted by atomic mass is 16.4. The number of aromatic nitrogens is 2. The summed E-state index contributed by atoms with van der Waals surface area (Å²) in [4.78, 5) is 0. The van der Waals surface area contributed by atoms with Crippen LogP contribution in [0.25, 0.3) is 22.9 Å². The number of nitrogens with zero attached hydrogens (tertiary/aromatic N) is 2. The molecule has 0 aliphatic heterocycles. The maximum atomic E-state index is 6.33. The predicted octanol–water partition coefficient (Wildman–Crippen LogP) is 7.17. The van der Waals surface area contributed by atoms with Gasteiger partial charge in [-0.1, -0.05) is 60.7 Å². The quantitative estimate of drug-likeness (QED) is 0.268. The highest BCUT2D eigenvalue weighted by Crippen LogP contribution is 2.29. The number of aryl methyl sites for hydroxylation is 8. The van der Waals surface area contributed by atoms with E-state index in [0.717, 1.165) is 62.5 Å². The van der Waals surface area contributed by atoms with E-state index in [0.29, 0.717) is 11.8 Å². The fourth-order valence-electron chi connectivity index (χ4n) is 5.84. The molecule has 0 fully saturated rings. The van der Waals surface area contributed by atoms with Crippen molar-refractivity contribution in [2.45, 2.75) is 51.4 Å². The van der Waals surface area contributed by atoms with Crippen LogP contribution in [0.3, 0.4) is 0 Å². The first-order valence-electron chi connectivity index (χ1n) is 13.5. The first-order valence-corrected chi connectivity index (χ1v) is 13.5. The lowest BCUT2D eigenvalue weighted by Crippen LogP contribution is -2.00. The summed E-state index contributed by atoms with van der Waals surface area (Å²) in [5.41, 5.74) is 13.0. The van der Waals surface area contributed by atoms with Crippen LogP contribution in [-0.2, 0) is 51.4 Å². The monoisotopic (exact) mass is 482 g/mol. The molecular weight excluding hydrogens is 452 g/mol. The molecule has 0 amide bonds. The number of rotatable bonds is 2. The van der Waals surface area contributed by atoms with E-state index < -0.39 is 0 Å². The second kappa shape index (κ2) is 9.48. The summed E-state index contributed by atoms with van der Waals surface area (Å²) in [5.74, 6) is 1.22. The molecule has 3 heteroatoms. The van der Waals surface area contributed by atoms with Gasteiger partial charge in [-0.3, -0.25) is 0 Å². The largest absolute Gasteiger partial charge is 0.416 e. The lowest BCUT2D eigenvalue weighted by Gasteiger charge is -2.13. The highest BCUT2D eigenvalue weighted by Gasteiger charge is 2.16. The van der Waals surface area contributed by atoms with Gasteiger partial charge in [-0.2, -0.15) is 0 Å². The Morgan fingerprint density at radius 2 is 0.676 bits per heavy atom. The zero-order valence-electron chi connectivity index (χ0n) is 21.0. The van der Waals surface area contributed by atoms with Crippen LogP contribution < -0.4 is 0 Å². The normalized spacial score (nSPS) is 14.7. The number of hydrogen-bond acceptors (Lipinski definition) is 3. The predicted molar refractivity (Wildman–Crippen MR) is 148 cm³/mol. The molecular formula is C34H30N2O. The Morgan fingerprint density at radius 3 is 1.03 bits per heavy atom. The molecule has 4 aromatic carbocycles. The van der Waals surface area contributed by atoms with Crippen LogP contribution in [-0.4, -0.2) is 10.2 Å². The Kier molecular flexibility index (Phi) is 5.70. The van der Waals surface area contributed by atoms with E-state index >= 15 is 0 Å². The number of hydrogen-bond donors (Lipinski definition) is 0. The molecule has 182 valence electrons. The molecule has 7 rings (SSSR count). The van der Waals surface area contributed by atoms with Crippen LogP contribution in [0.15, 0.2) is 89.3 Å². The molecule has 0 atom stereocenters. The van der Waals surface area contributed by atoms with Crippen molar-refractivity contribution in [3.63, 3.8) is 0 Å². The molecule has 3 nitrogen and oxygen atoms in total. The van der Waals surface area contributed by atoms with Gasteiger partial charge in [-0.05, 0) is 120 Å². The van der Waals surface area contributed by atoms with Crippen molar-refractivity contribution in [2.75, 3.05) is 0 Å². The van der Waals surface area contributed by atoms with Gasteiger partial charge in [0, 0.05) is 11.1 Å². The van der Waals surface area contributed by atoms with Gasteiger partial charge in [0.25, 0.3) is 0 Å². The van der Waals surface area contributed by atoms with E-state index in [4.69, 9.17) is 4.42 Å². The van der Waals surface area contributed by atoms with Gasteiger partial charge in [0.15, 0.2) is 0 Å². The van der Waals surface area contributed by atoms with Gasteiger partial charge in [0.05, 0.1) is 0 Å². The average Bonchev–Trinajstić information content (AvgIpc) is 3.43. The summed E-state index contributed by atoms with van der Waals surface area (Å²) in [5, 5.41) is 9.01. The fourth-order valence-corrected chi connectivity index (χ4v) is 5.84. The standard InChI is InChI=1S/C34H30N2O/c1-3-23-7-11-27-17-28(12-8-24(4-1)15-23)20-31(19-27)33-35-36-34(37-33)32-21-29-13-9-25-5-2-6-26(16-25)10-14-30(18-29)22-32/h1-6,15-22H,7-14H2. The lowest BCUT2D eigenvalue weighted by atomic mass is 9.93. The minimum absolute atomic E-state index is 0.608. The first-order chi connectivity index (χ1) is 18.2. The third-order valence-corrected chi connectivity index (χ3v) is 7.82. The summed E-state index contributed by atoms with van der Waals surface area (Å²) in [6.45, 7) is 0. The molecule has 2 aliphatic rings. The van der Waals surface area contributed by atoms with Crippen molar-refractivity contribution in [3.8, 4) is 22.9 Å². The maximum absolute atomic E-state index is 6.33. The van der Waals surface area contributed by atoms with Crippen molar-refractivity contribution >= 4 is 0 Å². The highest BCUT2D eigenvalue weighted by molar-refractivity contribution is 5.61. The van der Waals surface area contributed by atoms with Crippen molar-refractivity contribution in [2.24, 2.45) is 0 Å². The summed E-state index contributed by atoms with van der Waals surface area (Å²) < 4.78 is 6.33. The zero-order chi connectivity index (χ0) is 24.6. The third kappa shape index (κ3) is 4.86. The van der Waals surface area contributed by atoms with Crippen LogP contribution in [0.1, 0.15) is 44.5 Å². The molecule has 0 saturated heterocycles. The van der Waals surface area contributed by atoms with Crippen LogP contribution in [0.4, 0.5) is 0 Å². The molecule has 37 heavy (non-hydrogen) atoms. The maximum Gasteiger partial charge on any atom is 0.248 e. The van der Waals surface area contributed by atoms with E-state index in [9.17, 15) is 0 Å². The topological polar surface area (TPSA) is 38.9 Å². The molecule has 5 aromatic rings. The van der Waals surface area contributed by atoms with Gasteiger partial charge >= 0.3 is 0 Å². The fraction of sp³-hybridized carbons (Fsp3) is 0.235. The summed E-state index contributed by atoms with van der Waals surface area (Å²) in [7, 11) is 0. The van der Waals surface area contributed by atoms with Crippen molar-refractivity contribution in [1.29, 1.82) is 0 Å². The molecule has 1 aromatic heterocycles. The number of fused-ring (bicyclic) bond motifs is 8. The minimum atomic E-state index is 0.608. The van der Waals surface area contributed by atoms with Crippen LogP contribution >= 0.6 is 0 Å². The first kappa shape index (κ1) is 22.2. The molecule has 0 spiro atoms. The molecule has 0 radical (unpaired) electrons. The van der Waals surface area contributed by atoms with Crippen LogP contribution in [0, 0.1) is 0 Å². The van der Waals surface area contributed by atoms with Gasteiger partial charge in [0.1, 0.15) is 0 Å². The molecule has 1 heterocycles. The Balaban J connectivity index is 1.19. The van der Waals surface area contributed by atoms with E-state index in [1.54, 1.807) is 0 Å². The third-order valence-electron chi connectivity index (χ3n) is 7.82. The Morgan fingerprint density at radius 1 is 0.378 bits per heavy atom. The van der Waals surface area contributed by atoms with Crippen LogP contribution in [0.5, 0.6) is 0 Å².